The molecule has 0 bridgehead atoms. The molecule has 0 saturated heterocycles. The van der Waals surface area contributed by atoms with Gasteiger partial charge in [0.15, 0.2) is 5.17 Å². The molecule has 2 aliphatic rings. The summed E-state index contributed by atoms with van der Waals surface area (Å²) in [5, 5.41) is 5.23. The van der Waals surface area contributed by atoms with E-state index in [0.29, 0.717) is 0 Å². The van der Waals surface area contributed by atoms with Crippen LogP contribution >= 0.6 is 27.7 Å². The van der Waals surface area contributed by atoms with Crippen LogP contribution < -0.4 is 5.32 Å². The summed E-state index contributed by atoms with van der Waals surface area (Å²) in [5.74, 6) is 0.926. The average molecular weight is 311 g/mol. The largest absolute Gasteiger partial charge is 0.335 e. The second-order valence-corrected chi connectivity index (χ2v) is 6.81. The summed E-state index contributed by atoms with van der Waals surface area (Å²) in [7, 11) is 0. The average Bonchev–Trinajstić information content (AvgIpc) is 3.06. The quantitative estimate of drug-likeness (QED) is 0.891. The van der Waals surface area contributed by atoms with Gasteiger partial charge in [0.1, 0.15) is 0 Å². The van der Waals surface area contributed by atoms with Gasteiger partial charge in [0.25, 0.3) is 0 Å². The molecule has 4 heteroatoms. The highest BCUT2D eigenvalue weighted by molar-refractivity contribution is 9.10. The molecular weight excluding hydrogens is 296 g/mol. The number of aryl methyl sites for hydroxylation is 1. The number of hydrogen-bond donors (Lipinski definition) is 1. The summed E-state index contributed by atoms with van der Waals surface area (Å²) in [5.41, 5.74) is 2.38. The predicted molar refractivity (Wildman–Crippen MR) is 78.9 cm³/mol. The fourth-order valence-corrected chi connectivity index (χ4v) is 3.49. The van der Waals surface area contributed by atoms with Crippen molar-refractivity contribution in [2.45, 2.75) is 25.0 Å². The topological polar surface area (TPSA) is 24.4 Å². The molecule has 0 spiro atoms. The highest BCUT2D eigenvalue weighted by atomic mass is 79.9. The van der Waals surface area contributed by atoms with Gasteiger partial charge in [0, 0.05) is 15.4 Å². The number of amidine groups is 1. The monoisotopic (exact) mass is 310 g/mol. The minimum Gasteiger partial charge on any atom is -0.335 e. The van der Waals surface area contributed by atoms with E-state index in [4.69, 9.17) is 0 Å². The molecule has 0 aromatic heterocycles. The van der Waals surface area contributed by atoms with E-state index in [9.17, 15) is 0 Å². The van der Waals surface area contributed by atoms with Gasteiger partial charge in [-0.1, -0.05) is 27.7 Å². The van der Waals surface area contributed by atoms with E-state index in [1.54, 1.807) is 0 Å². The van der Waals surface area contributed by atoms with Crippen LogP contribution in [-0.2, 0) is 0 Å². The number of aliphatic imine (C=N–C) groups is 1. The Morgan fingerprint density at radius 3 is 2.94 bits per heavy atom. The molecular formula is C13H15BrN2S. The first-order valence-corrected chi connectivity index (χ1v) is 7.64. The van der Waals surface area contributed by atoms with Crippen molar-refractivity contribution in [3.8, 4) is 0 Å². The number of rotatable bonds is 2. The molecule has 1 atom stereocenters. The summed E-state index contributed by atoms with van der Waals surface area (Å²) < 4.78 is 1.15. The Bertz CT molecular complexity index is 468. The van der Waals surface area contributed by atoms with Gasteiger partial charge in [0.05, 0.1) is 6.54 Å². The van der Waals surface area contributed by atoms with Gasteiger partial charge >= 0.3 is 0 Å². The maximum Gasteiger partial charge on any atom is 0.161 e. The van der Waals surface area contributed by atoms with Gasteiger partial charge < -0.3 is 5.32 Å². The van der Waals surface area contributed by atoms with E-state index in [1.807, 2.05) is 11.8 Å². The number of benzene rings is 1. The smallest absolute Gasteiger partial charge is 0.161 e. The zero-order valence-electron chi connectivity index (χ0n) is 9.74. The first-order valence-electron chi connectivity index (χ1n) is 5.96. The molecule has 1 aromatic rings. The molecule has 0 amide bonds. The highest BCUT2D eigenvalue weighted by Crippen LogP contribution is 2.42. The first kappa shape index (κ1) is 11.6. The van der Waals surface area contributed by atoms with Crippen molar-refractivity contribution in [3.05, 3.63) is 28.2 Å². The summed E-state index contributed by atoms with van der Waals surface area (Å²) in [4.78, 5) is 4.58. The van der Waals surface area contributed by atoms with Crippen molar-refractivity contribution in [1.29, 1.82) is 0 Å². The standard InChI is InChI=1S/C13H15BrN2S/c1-8-6-10(4-5-11(8)14)16-13-15-7-12(17-13)9-2-3-9/h4-6,9,12H,2-3,7H2,1H3,(H,15,16). The number of thioether (sulfide) groups is 1. The Labute approximate surface area is 114 Å². The van der Waals surface area contributed by atoms with Gasteiger partial charge in [-0.05, 0) is 49.4 Å². The molecule has 90 valence electrons. The number of hydrogen-bond acceptors (Lipinski definition) is 3. The number of nitrogens with one attached hydrogen (secondary N) is 1. The molecule has 0 radical (unpaired) electrons. The van der Waals surface area contributed by atoms with Gasteiger partial charge in [-0.3, -0.25) is 4.99 Å². The molecule has 1 heterocycles. The van der Waals surface area contributed by atoms with Crippen molar-refractivity contribution in [1.82, 2.24) is 0 Å². The zero-order chi connectivity index (χ0) is 11.8. The van der Waals surface area contributed by atoms with Crippen LogP contribution in [0, 0.1) is 12.8 Å². The summed E-state index contributed by atoms with van der Waals surface area (Å²) in [6.07, 6.45) is 2.80. The van der Waals surface area contributed by atoms with E-state index in [0.717, 1.165) is 33.0 Å². The molecule has 3 rings (SSSR count). The number of anilines is 1. The Hall–Kier alpha value is -0.480. The van der Waals surface area contributed by atoms with E-state index in [2.05, 4.69) is 51.4 Å². The summed E-state index contributed by atoms with van der Waals surface area (Å²) >= 11 is 5.43. The summed E-state index contributed by atoms with van der Waals surface area (Å²) in [6, 6.07) is 6.32. The Kier molecular flexibility index (Phi) is 3.17. The van der Waals surface area contributed by atoms with E-state index in [1.165, 1.54) is 18.4 Å². The fraction of sp³-hybridized carbons (Fsp3) is 0.462. The minimum atomic E-state index is 0.731. The van der Waals surface area contributed by atoms with Crippen LogP contribution in [0.25, 0.3) is 0 Å². The van der Waals surface area contributed by atoms with Crippen molar-refractivity contribution < 1.29 is 0 Å². The van der Waals surface area contributed by atoms with E-state index < -0.39 is 0 Å². The predicted octanol–water partition coefficient (Wildman–Crippen LogP) is 4.05. The molecule has 2 nitrogen and oxygen atoms in total. The number of nitrogens with zero attached hydrogens (tertiary/aromatic N) is 1. The minimum absolute atomic E-state index is 0.731. The van der Waals surface area contributed by atoms with Gasteiger partial charge in [-0.15, -0.1) is 0 Å². The highest BCUT2D eigenvalue weighted by Gasteiger charge is 2.35. The third kappa shape index (κ3) is 2.68. The van der Waals surface area contributed by atoms with Gasteiger partial charge in [0.2, 0.25) is 0 Å². The third-order valence-electron chi connectivity index (χ3n) is 3.23. The van der Waals surface area contributed by atoms with Crippen LogP contribution in [0.4, 0.5) is 5.69 Å². The zero-order valence-corrected chi connectivity index (χ0v) is 12.1. The van der Waals surface area contributed by atoms with Crippen molar-refractivity contribution in [3.63, 3.8) is 0 Å². The Balaban J connectivity index is 1.64. The molecule has 1 N–H and O–H groups in total. The summed E-state index contributed by atoms with van der Waals surface area (Å²) in [6.45, 7) is 3.10. The first-order chi connectivity index (χ1) is 8.22. The lowest BCUT2D eigenvalue weighted by molar-refractivity contribution is 0.773. The Morgan fingerprint density at radius 2 is 2.24 bits per heavy atom. The second kappa shape index (κ2) is 4.65. The molecule has 1 saturated carbocycles. The SMILES string of the molecule is Cc1cc(NC2=NCC(C3CC3)S2)ccc1Br. The molecule has 17 heavy (non-hydrogen) atoms. The van der Waals surface area contributed by atoms with Crippen LogP contribution in [0.5, 0.6) is 0 Å². The lowest BCUT2D eigenvalue weighted by Crippen LogP contribution is -2.09. The van der Waals surface area contributed by atoms with Gasteiger partial charge in [-0.25, -0.2) is 0 Å². The van der Waals surface area contributed by atoms with Crippen LogP contribution in [0.3, 0.4) is 0 Å². The van der Waals surface area contributed by atoms with Crippen LogP contribution in [0.15, 0.2) is 27.7 Å². The van der Waals surface area contributed by atoms with Crippen molar-refractivity contribution >= 4 is 38.5 Å². The normalized spacial score (nSPS) is 23.6. The van der Waals surface area contributed by atoms with E-state index >= 15 is 0 Å². The fourth-order valence-electron chi connectivity index (χ4n) is 2.02. The second-order valence-electron chi connectivity index (χ2n) is 4.73. The number of halogens is 1. The molecule has 1 fully saturated rings. The maximum atomic E-state index is 4.58. The van der Waals surface area contributed by atoms with Crippen LogP contribution in [0.2, 0.25) is 0 Å². The van der Waals surface area contributed by atoms with Crippen molar-refractivity contribution in [2.24, 2.45) is 10.9 Å². The molecule has 1 aliphatic carbocycles. The molecule has 1 unspecified atom stereocenters. The molecule has 1 aromatic carbocycles. The lowest BCUT2D eigenvalue weighted by Gasteiger charge is -2.09. The van der Waals surface area contributed by atoms with Crippen LogP contribution in [-0.4, -0.2) is 17.0 Å². The third-order valence-corrected chi connectivity index (χ3v) is 5.42. The van der Waals surface area contributed by atoms with E-state index in [-0.39, 0.29) is 0 Å². The van der Waals surface area contributed by atoms with Crippen molar-refractivity contribution in [2.75, 3.05) is 11.9 Å². The lowest BCUT2D eigenvalue weighted by atomic mass is 10.2. The maximum absolute atomic E-state index is 4.58. The molecule has 1 aliphatic heterocycles. The Morgan fingerprint density at radius 1 is 1.41 bits per heavy atom. The van der Waals surface area contributed by atoms with Crippen LogP contribution in [0.1, 0.15) is 18.4 Å². The van der Waals surface area contributed by atoms with Gasteiger partial charge in [-0.2, -0.15) is 0 Å².